The van der Waals surface area contributed by atoms with Gasteiger partial charge in [0.1, 0.15) is 5.60 Å². The number of nitrogens with one attached hydrogen (secondary N) is 4. The van der Waals surface area contributed by atoms with Gasteiger partial charge in [-0.2, -0.15) is 0 Å². The molecule has 0 radical (unpaired) electrons. The van der Waals surface area contributed by atoms with Crippen molar-refractivity contribution >= 4 is 41.7 Å². The first-order valence-electron chi connectivity index (χ1n) is 19.5. The average molecular weight is 765 g/mol. The van der Waals surface area contributed by atoms with Crippen LogP contribution in [0.15, 0.2) is 0 Å². The van der Waals surface area contributed by atoms with Gasteiger partial charge < -0.3 is 40.2 Å². The average Bonchev–Trinajstić information content (AvgIpc) is 3.10. The van der Waals surface area contributed by atoms with Gasteiger partial charge in [-0.05, 0) is 97.8 Å². The molecule has 4 N–H and O–H groups in total. The molecule has 4 bridgehead atoms. The maximum atomic E-state index is 14.4. The monoisotopic (exact) mass is 764 g/mol. The Hall–Kier alpha value is -3.91. The van der Waals surface area contributed by atoms with Crippen LogP contribution < -0.4 is 21.3 Å². The maximum absolute atomic E-state index is 14.4. The number of carbonyl (C=O) groups is 7. The number of esters is 3. The second-order valence-electron chi connectivity index (χ2n) is 16.7. The topological polar surface area (TPSA) is 205 Å². The van der Waals surface area contributed by atoms with Gasteiger partial charge in [-0.3, -0.25) is 28.8 Å². The van der Waals surface area contributed by atoms with Gasteiger partial charge in [0.05, 0.1) is 37.6 Å². The zero-order valence-corrected chi connectivity index (χ0v) is 33.3. The van der Waals surface area contributed by atoms with Crippen LogP contribution in [0.1, 0.15) is 136 Å². The van der Waals surface area contributed by atoms with E-state index in [4.69, 9.17) is 18.9 Å². The quantitative estimate of drug-likeness (QED) is 0.0701. The second kappa shape index (κ2) is 19.6. The molecule has 4 fully saturated rings. The Balaban J connectivity index is 1.89. The first-order chi connectivity index (χ1) is 25.5. The smallest absolute Gasteiger partial charge is 0.408 e. The zero-order valence-electron chi connectivity index (χ0n) is 33.3. The number of methoxy groups -OCH3 is 3. The number of carbonyl (C=O) groups excluding carboxylic acids is 7. The highest BCUT2D eigenvalue weighted by molar-refractivity contribution is 5.93. The summed E-state index contributed by atoms with van der Waals surface area (Å²) in [7, 11) is 4.04. The summed E-state index contributed by atoms with van der Waals surface area (Å²) in [5, 5.41) is 12.3. The molecule has 0 aromatic carbocycles. The molecule has 0 aliphatic heterocycles. The maximum Gasteiger partial charge on any atom is 0.408 e. The molecule has 0 heterocycles. The zero-order chi connectivity index (χ0) is 40.0. The van der Waals surface area contributed by atoms with Gasteiger partial charge >= 0.3 is 24.0 Å². The van der Waals surface area contributed by atoms with E-state index in [-0.39, 0.29) is 74.2 Å². The Morgan fingerprint density at radius 3 is 1.07 bits per heavy atom. The molecule has 0 aromatic heterocycles. The Bertz CT molecular complexity index is 1220. The third kappa shape index (κ3) is 12.3. The lowest BCUT2D eigenvalue weighted by atomic mass is 9.36. The van der Waals surface area contributed by atoms with Crippen molar-refractivity contribution in [2.45, 2.75) is 147 Å². The predicted molar refractivity (Wildman–Crippen MR) is 198 cm³/mol. The highest BCUT2D eigenvalue weighted by Gasteiger charge is 2.74. The molecule has 306 valence electrons. The Labute approximate surface area is 319 Å². The van der Waals surface area contributed by atoms with E-state index >= 15 is 0 Å². The molecule has 4 saturated carbocycles. The van der Waals surface area contributed by atoms with E-state index in [1.54, 1.807) is 20.8 Å². The van der Waals surface area contributed by atoms with Crippen molar-refractivity contribution < 1.29 is 52.5 Å². The third-order valence-electron chi connectivity index (χ3n) is 11.0. The fourth-order valence-electron chi connectivity index (χ4n) is 9.20. The summed E-state index contributed by atoms with van der Waals surface area (Å²) in [5.41, 5.74) is -5.28. The lowest BCUT2D eigenvalue weighted by molar-refractivity contribution is -0.195. The summed E-state index contributed by atoms with van der Waals surface area (Å²) in [5.74, 6) is -1.64. The van der Waals surface area contributed by atoms with Gasteiger partial charge in [-0.1, -0.05) is 19.3 Å². The highest BCUT2D eigenvalue weighted by atomic mass is 16.6. The van der Waals surface area contributed by atoms with Gasteiger partial charge in [0.25, 0.3) is 0 Å². The molecule has 4 amide bonds. The van der Waals surface area contributed by atoms with Gasteiger partial charge in [0, 0.05) is 44.4 Å². The lowest BCUT2D eigenvalue weighted by Gasteiger charge is -2.68. The Morgan fingerprint density at radius 1 is 0.481 bits per heavy atom. The van der Waals surface area contributed by atoms with Crippen molar-refractivity contribution in [3.05, 3.63) is 0 Å². The molecule has 15 nitrogen and oxygen atoms in total. The van der Waals surface area contributed by atoms with Crippen molar-refractivity contribution in [3.63, 3.8) is 0 Å². The van der Waals surface area contributed by atoms with E-state index in [9.17, 15) is 33.6 Å². The molecule has 0 aromatic rings. The standard InChI is InChI=1S/C39H64N4O11/c1-35(2,3)54-34(50)43-39-25-36(31(47)40-19-13-7-10-16-28(44)51-4)22-37(26-39,32(48)41-20-14-8-11-17-29(45)52-5)24-38(23-36,27-39)33(49)42-21-15-9-12-18-30(46)53-6/h7-27H2,1-6H3,(H,40,47)(H,41,48)(H,42,49)(H,43,50). The third-order valence-corrected chi connectivity index (χ3v) is 11.0. The van der Waals surface area contributed by atoms with Crippen molar-refractivity contribution in [2.75, 3.05) is 41.0 Å². The molecule has 15 heteroatoms. The first-order valence-corrected chi connectivity index (χ1v) is 19.5. The summed E-state index contributed by atoms with van der Waals surface area (Å²) < 4.78 is 19.8. The van der Waals surface area contributed by atoms with Crippen LogP contribution in [0.4, 0.5) is 4.79 Å². The van der Waals surface area contributed by atoms with Crippen LogP contribution in [0.3, 0.4) is 0 Å². The van der Waals surface area contributed by atoms with E-state index in [0.29, 0.717) is 96.7 Å². The van der Waals surface area contributed by atoms with E-state index in [1.807, 2.05) is 0 Å². The molecule has 0 unspecified atom stereocenters. The van der Waals surface area contributed by atoms with Crippen molar-refractivity contribution in [1.82, 2.24) is 21.3 Å². The largest absolute Gasteiger partial charge is 0.469 e. The van der Waals surface area contributed by atoms with Crippen LogP contribution in [0.25, 0.3) is 0 Å². The molecule has 4 aliphatic rings. The summed E-state index contributed by atoms with van der Waals surface area (Å²) in [6.45, 7) is 6.32. The molecular formula is C39H64N4O11. The normalized spacial score (nSPS) is 25.2. The van der Waals surface area contributed by atoms with Crippen LogP contribution in [0, 0.1) is 16.2 Å². The Morgan fingerprint density at radius 2 is 0.796 bits per heavy atom. The first kappa shape index (κ1) is 44.5. The van der Waals surface area contributed by atoms with Crippen molar-refractivity contribution in [3.8, 4) is 0 Å². The molecule has 54 heavy (non-hydrogen) atoms. The number of alkyl carbamates (subject to hydrolysis) is 1. The number of unbranched alkanes of at least 4 members (excludes halogenated alkanes) is 6. The minimum absolute atomic E-state index is 0.225. The van der Waals surface area contributed by atoms with Crippen LogP contribution in [-0.2, 0) is 47.7 Å². The lowest BCUT2D eigenvalue weighted by Crippen LogP contribution is -2.75. The van der Waals surface area contributed by atoms with Gasteiger partial charge in [0.2, 0.25) is 17.7 Å². The summed E-state index contributed by atoms with van der Waals surface area (Å²) in [6, 6.07) is 0. The van der Waals surface area contributed by atoms with Gasteiger partial charge in [-0.15, -0.1) is 0 Å². The Kier molecular flexibility index (Phi) is 16.2. The van der Waals surface area contributed by atoms with Crippen molar-refractivity contribution in [1.29, 1.82) is 0 Å². The number of ether oxygens (including phenoxy) is 4. The molecule has 4 rings (SSSR count). The highest BCUT2D eigenvalue weighted by Crippen LogP contribution is 2.71. The van der Waals surface area contributed by atoms with Gasteiger partial charge in [0.15, 0.2) is 0 Å². The summed E-state index contributed by atoms with van der Waals surface area (Å²) >= 11 is 0. The van der Waals surface area contributed by atoms with E-state index < -0.39 is 33.5 Å². The number of rotatable bonds is 22. The second-order valence-corrected chi connectivity index (χ2v) is 16.7. The molecule has 0 atom stereocenters. The number of hydrogen-bond acceptors (Lipinski definition) is 11. The fourth-order valence-corrected chi connectivity index (χ4v) is 9.20. The van der Waals surface area contributed by atoms with E-state index in [2.05, 4.69) is 21.3 Å². The van der Waals surface area contributed by atoms with Crippen LogP contribution in [0.5, 0.6) is 0 Å². The van der Waals surface area contributed by atoms with Crippen LogP contribution >= 0.6 is 0 Å². The van der Waals surface area contributed by atoms with Gasteiger partial charge in [-0.25, -0.2) is 4.79 Å². The van der Waals surface area contributed by atoms with Crippen LogP contribution in [0.2, 0.25) is 0 Å². The van der Waals surface area contributed by atoms with Crippen molar-refractivity contribution in [2.24, 2.45) is 16.2 Å². The minimum atomic E-state index is -1.13. The minimum Gasteiger partial charge on any atom is -0.469 e. The molecule has 4 aliphatic carbocycles. The summed E-state index contributed by atoms with van der Waals surface area (Å²) in [4.78, 5) is 91.3. The summed E-state index contributed by atoms with van der Waals surface area (Å²) in [6.07, 6.45) is 7.46. The predicted octanol–water partition coefficient (Wildman–Crippen LogP) is 4.14. The molecule has 0 spiro atoms. The van der Waals surface area contributed by atoms with E-state index in [1.165, 1.54) is 21.3 Å². The molecular weight excluding hydrogens is 700 g/mol. The number of amides is 4. The fraction of sp³-hybridized carbons (Fsp3) is 0.821. The SMILES string of the molecule is COC(=O)CCCCCNC(=O)C12CC3(NC(=O)OC(C)(C)C)CC(C(=O)NCCCCCC(=O)OC)(C1)CC(C(=O)NCCCCCC(=O)OC)(C3)C2. The molecule has 0 saturated heterocycles. The van der Waals surface area contributed by atoms with Crippen LogP contribution in [-0.4, -0.2) is 93.8 Å². The van der Waals surface area contributed by atoms with E-state index in [0.717, 1.165) is 0 Å². The number of hydrogen-bond donors (Lipinski definition) is 4.